The number of carbonyl (C=O) groups excluding carboxylic acids is 1. The molecule has 0 saturated heterocycles. The van der Waals surface area contributed by atoms with E-state index in [2.05, 4.69) is 27.2 Å². The van der Waals surface area contributed by atoms with Gasteiger partial charge in [-0.1, -0.05) is 22.9 Å². The summed E-state index contributed by atoms with van der Waals surface area (Å²) in [5, 5.41) is 13.5. The van der Waals surface area contributed by atoms with Crippen LogP contribution in [0, 0.1) is 22.5 Å². The van der Waals surface area contributed by atoms with Gasteiger partial charge in [0.2, 0.25) is 0 Å². The second-order valence-electron chi connectivity index (χ2n) is 3.94. The predicted molar refractivity (Wildman–Crippen MR) is 75.8 cm³/mol. The normalized spacial score (nSPS) is 11.4. The zero-order valence-electron chi connectivity index (χ0n) is 10.4. The third-order valence-electron chi connectivity index (χ3n) is 2.55. The molecule has 1 aromatic carbocycles. The molecule has 0 spiro atoms. The van der Waals surface area contributed by atoms with E-state index in [0.717, 1.165) is 0 Å². The maximum atomic E-state index is 12.0. The Morgan fingerprint density at radius 2 is 2.26 bits per heavy atom. The lowest BCUT2D eigenvalue weighted by Crippen LogP contribution is -2.34. The second kappa shape index (κ2) is 6.90. The van der Waals surface area contributed by atoms with Gasteiger partial charge in [0.25, 0.3) is 11.6 Å². The van der Waals surface area contributed by atoms with Crippen molar-refractivity contribution in [1.82, 2.24) is 5.32 Å². The predicted octanol–water partition coefficient (Wildman–Crippen LogP) is 2.89. The fourth-order valence-corrected chi connectivity index (χ4v) is 2.00. The molecule has 1 N–H and O–H groups in total. The number of non-ortho nitro benzene ring substituents is 1. The maximum absolute atomic E-state index is 12.0. The van der Waals surface area contributed by atoms with Crippen molar-refractivity contribution in [3.05, 3.63) is 38.3 Å². The zero-order valence-corrected chi connectivity index (χ0v) is 11.9. The van der Waals surface area contributed by atoms with Crippen molar-refractivity contribution >= 4 is 27.5 Å². The summed E-state index contributed by atoms with van der Waals surface area (Å²) in [6, 6.07) is 3.99. The Morgan fingerprint density at radius 1 is 1.58 bits per heavy atom. The minimum absolute atomic E-state index is 0.129. The van der Waals surface area contributed by atoms with Crippen LogP contribution in [0.15, 0.2) is 22.7 Å². The summed E-state index contributed by atoms with van der Waals surface area (Å²) in [7, 11) is 0. The first kappa shape index (κ1) is 15.2. The van der Waals surface area contributed by atoms with Gasteiger partial charge in [-0.05, 0) is 12.5 Å². The van der Waals surface area contributed by atoms with Crippen molar-refractivity contribution < 1.29 is 9.72 Å². The van der Waals surface area contributed by atoms with E-state index in [1.165, 1.54) is 18.2 Å². The Balaban J connectivity index is 2.93. The maximum Gasteiger partial charge on any atom is 0.271 e. The SMILES string of the molecule is C#CCC(CC)NC(=O)c1cc(Br)cc([N+](=O)[O-])c1. The van der Waals surface area contributed by atoms with Crippen LogP contribution in [0.1, 0.15) is 30.1 Å². The number of terminal acetylenes is 1. The fourth-order valence-electron chi connectivity index (χ4n) is 1.52. The number of hydrogen-bond donors (Lipinski definition) is 1. The van der Waals surface area contributed by atoms with Gasteiger partial charge in [0.1, 0.15) is 0 Å². The molecule has 0 aliphatic heterocycles. The molecular formula is C13H13BrN2O3. The summed E-state index contributed by atoms with van der Waals surface area (Å²) in [5.74, 6) is 2.12. The van der Waals surface area contributed by atoms with Gasteiger partial charge in [0, 0.05) is 34.6 Å². The fraction of sp³-hybridized carbons (Fsp3) is 0.308. The Kier molecular flexibility index (Phi) is 5.52. The van der Waals surface area contributed by atoms with E-state index in [-0.39, 0.29) is 23.2 Å². The third kappa shape index (κ3) is 4.38. The molecule has 1 rings (SSSR count). The lowest BCUT2D eigenvalue weighted by Gasteiger charge is -2.14. The quantitative estimate of drug-likeness (QED) is 0.514. The van der Waals surface area contributed by atoms with Crippen LogP contribution >= 0.6 is 15.9 Å². The molecular weight excluding hydrogens is 312 g/mol. The van der Waals surface area contributed by atoms with Gasteiger partial charge >= 0.3 is 0 Å². The molecule has 0 aromatic heterocycles. The third-order valence-corrected chi connectivity index (χ3v) is 3.01. The summed E-state index contributed by atoms with van der Waals surface area (Å²) in [4.78, 5) is 22.2. The first-order chi connectivity index (χ1) is 8.97. The first-order valence-electron chi connectivity index (χ1n) is 5.67. The Bertz CT molecular complexity index is 537. The standard InChI is InChI=1S/C13H13BrN2O3/c1-3-5-11(4-2)15-13(17)9-6-10(14)8-12(7-9)16(18)19/h1,6-8,11H,4-5H2,2H3,(H,15,17). The molecule has 1 amide bonds. The van der Waals surface area contributed by atoms with Gasteiger partial charge in [-0.25, -0.2) is 0 Å². The molecule has 1 atom stereocenters. The van der Waals surface area contributed by atoms with Crippen LogP contribution in [-0.4, -0.2) is 16.9 Å². The van der Waals surface area contributed by atoms with Gasteiger partial charge in [-0.3, -0.25) is 14.9 Å². The number of carbonyl (C=O) groups is 1. The molecule has 0 fully saturated rings. The summed E-state index contributed by atoms with van der Waals surface area (Å²) in [6.07, 6.45) is 6.34. The van der Waals surface area contributed by atoms with E-state index < -0.39 is 4.92 Å². The van der Waals surface area contributed by atoms with Crippen molar-refractivity contribution in [3.63, 3.8) is 0 Å². The summed E-state index contributed by atoms with van der Waals surface area (Å²) in [6.45, 7) is 1.91. The number of hydrogen-bond acceptors (Lipinski definition) is 3. The largest absolute Gasteiger partial charge is 0.348 e. The van der Waals surface area contributed by atoms with Gasteiger partial charge < -0.3 is 5.32 Å². The molecule has 0 radical (unpaired) electrons. The molecule has 0 aliphatic carbocycles. The van der Waals surface area contributed by atoms with Crippen LogP contribution in [0.5, 0.6) is 0 Å². The van der Waals surface area contributed by atoms with Crippen LogP contribution in [0.3, 0.4) is 0 Å². The molecule has 5 nitrogen and oxygen atoms in total. The highest BCUT2D eigenvalue weighted by Gasteiger charge is 2.16. The first-order valence-corrected chi connectivity index (χ1v) is 6.46. The number of nitrogens with one attached hydrogen (secondary N) is 1. The summed E-state index contributed by atoms with van der Waals surface area (Å²) >= 11 is 3.15. The number of halogens is 1. The minimum Gasteiger partial charge on any atom is -0.348 e. The lowest BCUT2D eigenvalue weighted by atomic mass is 10.1. The van der Waals surface area contributed by atoms with Crippen LogP contribution in [0.2, 0.25) is 0 Å². The number of amides is 1. The Hall–Kier alpha value is -1.87. The smallest absolute Gasteiger partial charge is 0.271 e. The molecule has 19 heavy (non-hydrogen) atoms. The van der Waals surface area contributed by atoms with Gasteiger partial charge in [-0.2, -0.15) is 0 Å². The zero-order chi connectivity index (χ0) is 14.4. The van der Waals surface area contributed by atoms with E-state index in [0.29, 0.717) is 17.3 Å². The number of nitro groups is 1. The van der Waals surface area contributed by atoms with E-state index >= 15 is 0 Å². The number of rotatable bonds is 5. The number of nitro benzene ring substituents is 1. The van der Waals surface area contributed by atoms with Crippen molar-refractivity contribution in [2.24, 2.45) is 0 Å². The molecule has 0 aliphatic rings. The molecule has 0 saturated carbocycles. The van der Waals surface area contributed by atoms with Crippen LogP contribution < -0.4 is 5.32 Å². The average molecular weight is 325 g/mol. The van der Waals surface area contributed by atoms with E-state index in [1.807, 2.05) is 6.92 Å². The molecule has 0 bridgehead atoms. The highest BCUT2D eigenvalue weighted by Crippen LogP contribution is 2.21. The Labute approximate surface area is 119 Å². The van der Waals surface area contributed by atoms with E-state index in [9.17, 15) is 14.9 Å². The van der Waals surface area contributed by atoms with E-state index in [1.54, 1.807) is 0 Å². The molecule has 1 unspecified atom stereocenters. The minimum atomic E-state index is -0.541. The van der Waals surface area contributed by atoms with Crippen LogP contribution in [0.4, 0.5) is 5.69 Å². The van der Waals surface area contributed by atoms with Crippen molar-refractivity contribution in [1.29, 1.82) is 0 Å². The number of benzene rings is 1. The van der Waals surface area contributed by atoms with Crippen LogP contribution in [0.25, 0.3) is 0 Å². The monoisotopic (exact) mass is 324 g/mol. The van der Waals surface area contributed by atoms with Gasteiger partial charge in [0.05, 0.1) is 4.92 Å². The lowest BCUT2D eigenvalue weighted by molar-refractivity contribution is -0.385. The average Bonchev–Trinajstić information content (AvgIpc) is 2.37. The van der Waals surface area contributed by atoms with Crippen molar-refractivity contribution in [2.75, 3.05) is 0 Å². The number of nitrogens with zero attached hydrogens (tertiary/aromatic N) is 1. The van der Waals surface area contributed by atoms with E-state index in [4.69, 9.17) is 6.42 Å². The van der Waals surface area contributed by atoms with Crippen molar-refractivity contribution in [3.8, 4) is 12.3 Å². The highest BCUT2D eigenvalue weighted by atomic mass is 79.9. The Morgan fingerprint density at radius 3 is 2.79 bits per heavy atom. The highest BCUT2D eigenvalue weighted by molar-refractivity contribution is 9.10. The van der Waals surface area contributed by atoms with Crippen LogP contribution in [-0.2, 0) is 0 Å². The summed E-state index contributed by atoms with van der Waals surface area (Å²) in [5.41, 5.74) is 0.0982. The second-order valence-corrected chi connectivity index (χ2v) is 4.86. The molecule has 6 heteroatoms. The molecule has 0 heterocycles. The van der Waals surface area contributed by atoms with Gasteiger partial charge in [-0.15, -0.1) is 12.3 Å². The summed E-state index contributed by atoms with van der Waals surface area (Å²) < 4.78 is 0.483. The molecule has 100 valence electrons. The van der Waals surface area contributed by atoms with Gasteiger partial charge in [0.15, 0.2) is 0 Å². The topological polar surface area (TPSA) is 72.2 Å². The molecule has 1 aromatic rings. The van der Waals surface area contributed by atoms with Crippen molar-refractivity contribution in [2.45, 2.75) is 25.8 Å².